The molecule has 1 aromatic carbocycles. The summed E-state index contributed by atoms with van der Waals surface area (Å²) < 4.78 is 0. The maximum atomic E-state index is 9.74. The highest BCUT2D eigenvalue weighted by Crippen LogP contribution is 2.31. The van der Waals surface area contributed by atoms with Gasteiger partial charge in [0.25, 0.3) is 0 Å². The van der Waals surface area contributed by atoms with Gasteiger partial charge in [0.2, 0.25) is 0 Å². The largest absolute Gasteiger partial charge is 0.508 e. The molecule has 16 heavy (non-hydrogen) atoms. The Balaban J connectivity index is 2.07. The van der Waals surface area contributed by atoms with Gasteiger partial charge < -0.3 is 5.11 Å². The fraction of sp³-hybridized carbons (Fsp3) is 0.538. The van der Waals surface area contributed by atoms with Crippen LogP contribution >= 0.6 is 11.6 Å². The Kier molecular flexibility index (Phi) is 3.13. The normalized spacial score (nSPS) is 20.2. The number of hydrogen-bond acceptors (Lipinski definition) is 2. The highest BCUT2D eigenvalue weighted by molar-refractivity contribution is 6.30. The molecule has 0 spiro atoms. The number of aromatic hydroxyl groups is 1. The molecule has 3 heteroatoms. The highest BCUT2D eigenvalue weighted by atomic mass is 35.5. The molecule has 2 rings (SSSR count). The second-order valence-corrected chi connectivity index (χ2v) is 5.83. The quantitative estimate of drug-likeness (QED) is 0.856. The van der Waals surface area contributed by atoms with Crippen LogP contribution < -0.4 is 0 Å². The van der Waals surface area contributed by atoms with E-state index in [9.17, 15) is 5.11 Å². The van der Waals surface area contributed by atoms with Crippen molar-refractivity contribution in [2.75, 3.05) is 13.1 Å². The minimum atomic E-state index is 0.342. The molecule has 0 bridgehead atoms. The number of benzene rings is 1. The number of phenols is 1. The van der Waals surface area contributed by atoms with Gasteiger partial charge in [-0.15, -0.1) is 0 Å². The summed E-state index contributed by atoms with van der Waals surface area (Å²) in [6, 6.07) is 5.23. The van der Waals surface area contributed by atoms with E-state index in [-0.39, 0.29) is 0 Å². The molecule has 2 nitrogen and oxygen atoms in total. The van der Waals surface area contributed by atoms with E-state index in [2.05, 4.69) is 18.7 Å². The van der Waals surface area contributed by atoms with Crippen molar-refractivity contribution in [3.63, 3.8) is 0 Å². The summed E-state index contributed by atoms with van der Waals surface area (Å²) in [5, 5.41) is 10.4. The van der Waals surface area contributed by atoms with Crippen molar-refractivity contribution in [1.82, 2.24) is 4.90 Å². The molecular formula is C13H18ClNO. The van der Waals surface area contributed by atoms with Crippen LogP contribution in [-0.2, 0) is 6.54 Å². The van der Waals surface area contributed by atoms with Gasteiger partial charge in [-0.1, -0.05) is 25.4 Å². The van der Waals surface area contributed by atoms with Crippen molar-refractivity contribution >= 4 is 11.6 Å². The van der Waals surface area contributed by atoms with E-state index in [1.807, 2.05) is 6.07 Å². The average molecular weight is 240 g/mol. The summed E-state index contributed by atoms with van der Waals surface area (Å²) in [6.07, 6.45) is 1.22. The Bertz CT molecular complexity index is 390. The molecule has 1 aliphatic rings. The third-order valence-electron chi connectivity index (χ3n) is 3.19. The fourth-order valence-electron chi connectivity index (χ4n) is 2.28. The molecule has 1 saturated heterocycles. The lowest BCUT2D eigenvalue weighted by atomic mass is 9.93. The van der Waals surface area contributed by atoms with Crippen LogP contribution in [0.4, 0.5) is 0 Å². The first-order valence-corrected chi connectivity index (χ1v) is 6.04. The van der Waals surface area contributed by atoms with Gasteiger partial charge >= 0.3 is 0 Å². The zero-order valence-corrected chi connectivity index (χ0v) is 10.6. The highest BCUT2D eigenvalue weighted by Gasteiger charge is 2.29. The second-order valence-electron chi connectivity index (χ2n) is 5.40. The Morgan fingerprint density at radius 1 is 1.44 bits per heavy atom. The van der Waals surface area contributed by atoms with E-state index in [4.69, 9.17) is 11.6 Å². The summed E-state index contributed by atoms with van der Waals surface area (Å²) in [4.78, 5) is 2.37. The molecular weight excluding hydrogens is 222 g/mol. The fourth-order valence-corrected chi connectivity index (χ4v) is 2.48. The van der Waals surface area contributed by atoms with Crippen LogP contribution in [0.15, 0.2) is 18.2 Å². The number of nitrogens with zero attached hydrogens (tertiary/aromatic N) is 1. The van der Waals surface area contributed by atoms with Gasteiger partial charge in [-0.05, 0) is 36.6 Å². The predicted octanol–water partition coefficient (Wildman–Crippen LogP) is 3.28. The van der Waals surface area contributed by atoms with Gasteiger partial charge in [-0.3, -0.25) is 4.90 Å². The van der Waals surface area contributed by atoms with Crippen molar-refractivity contribution in [2.24, 2.45) is 5.41 Å². The maximum Gasteiger partial charge on any atom is 0.120 e. The summed E-state index contributed by atoms with van der Waals surface area (Å²) in [6.45, 7) is 7.53. The lowest BCUT2D eigenvalue weighted by Gasteiger charge is -2.20. The van der Waals surface area contributed by atoms with Gasteiger partial charge in [-0.25, -0.2) is 0 Å². The van der Waals surface area contributed by atoms with E-state index in [0.29, 0.717) is 16.2 Å². The number of rotatable bonds is 2. The molecule has 0 unspecified atom stereocenters. The van der Waals surface area contributed by atoms with Gasteiger partial charge in [0.05, 0.1) is 0 Å². The summed E-state index contributed by atoms with van der Waals surface area (Å²) in [7, 11) is 0. The first kappa shape index (κ1) is 11.7. The Morgan fingerprint density at radius 3 is 2.81 bits per heavy atom. The molecule has 0 atom stereocenters. The molecule has 1 aliphatic heterocycles. The van der Waals surface area contributed by atoms with Gasteiger partial charge in [0.1, 0.15) is 5.75 Å². The van der Waals surface area contributed by atoms with Crippen molar-refractivity contribution < 1.29 is 5.11 Å². The minimum Gasteiger partial charge on any atom is -0.508 e. The van der Waals surface area contributed by atoms with Crippen LogP contribution in [0.25, 0.3) is 0 Å². The average Bonchev–Trinajstić information content (AvgIpc) is 2.52. The molecule has 1 heterocycles. The first-order chi connectivity index (χ1) is 7.46. The van der Waals surface area contributed by atoms with Crippen molar-refractivity contribution in [2.45, 2.75) is 26.8 Å². The van der Waals surface area contributed by atoms with E-state index in [0.717, 1.165) is 25.2 Å². The second kappa shape index (κ2) is 4.27. The van der Waals surface area contributed by atoms with Crippen LogP contribution in [0.2, 0.25) is 5.02 Å². The molecule has 0 amide bonds. The van der Waals surface area contributed by atoms with Crippen molar-refractivity contribution in [3.05, 3.63) is 28.8 Å². The summed E-state index contributed by atoms with van der Waals surface area (Å²) in [5.74, 6) is 0.342. The maximum absolute atomic E-state index is 9.74. The van der Waals surface area contributed by atoms with Crippen LogP contribution in [0.3, 0.4) is 0 Å². The van der Waals surface area contributed by atoms with Gasteiger partial charge in [0, 0.05) is 23.7 Å². The monoisotopic (exact) mass is 239 g/mol. The van der Waals surface area contributed by atoms with Crippen LogP contribution in [0, 0.1) is 5.41 Å². The molecule has 0 aromatic heterocycles. The van der Waals surface area contributed by atoms with Crippen molar-refractivity contribution in [1.29, 1.82) is 0 Å². The van der Waals surface area contributed by atoms with E-state index in [1.54, 1.807) is 12.1 Å². The number of halogens is 1. The SMILES string of the molecule is CC1(C)CCN(Cc2cc(Cl)ccc2O)C1. The smallest absolute Gasteiger partial charge is 0.120 e. The molecule has 0 radical (unpaired) electrons. The standard InChI is InChI=1S/C13H18ClNO/c1-13(2)5-6-15(9-13)8-10-7-11(14)3-4-12(10)16/h3-4,7,16H,5-6,8-9H2,1-2H3. The third kappa shape index (κ3) is 2.69. The van der Waals surface area contributed by atoms with Crippen LogP contribution in [0.1, 0.15) is 25.8 Å². The lowest BCUT2D eigenvalue weighted by Crippen LogP contribution is -2.22. The first-order valence-electron chi connectivity index (χ1n) is 5.66. The summed E-state index contributed by atoms with van der Waals surface area (Å²) >= 11 is 5.93. The zero-order valence-electron chi connectivity index (χ0n) is 9.83. The van der Waals surface area contributed by atoms with Crippen molar-refractivity contribution in [3.8, 4) is 5.75 Å². The molecule has 1 fully saturated rings. The zero-order chi connectivity index (χ0) is 11.8. The van der Waals surface area contributed by atoms with Gasteiger partial charge in [0.15, 0.2) is 0 Å². The van der Waals surface area contributed by atoms with E-state index < -0.39 is 0 Å². The number of phenolic OH excluding ortho intramolecular Hbond substituents is 1. The molecule has 0 saturated carbocycles. The molecule has 88 valence electrons. The molecule has 1 aromatic rings. The van der Waals surface area contributed by atoms with E-state index >= 15 is 0 Å². The predicted molar refractivity (Wildman–Crippen MR) is 66.8 cm³/mol. The Hall–Kier alpha value is -0.730. The Labute approximate surface area is 102 Å². The topological polar surface area (TPSA) is 23.5 Å². The third-order valence-corrected chi connectivity index (χ3v) is 3.43. The molecule has 1 N–H and O–H groups in total. The van der Waals surface area contributed by atoms with E-state index in [1.165, 1.54) is 6.42 Å². The van der Waals surface area contributed by atoms with Gasteiger partial charge in [-0.2, -0.15) is 0 Å². The summed E-state index contributed by atoms with van der Waals surface area (Å²) in [5.41, 5.74) is 1.32. The molecule has 0 aliphatic carbocycles. The number of hydrogen-bond donors (Lipinski definition) is 1. The Morgan fingerprint density at radius 2 is 2.19 bits per heavy atom. The number of likely N-dealkylation sites (tertiary alicyclic amines) is 1. The minimum absolute atomic E-state index is 0.342. The van der Waals surface area contributed by atoms with Crippen LogP contribution in [-0.4, -0.2) is 23.1 Å². The lowest BCUT2D eigenvalue weighted by molar-refractivity contribution is 0.280. The van der Waals surface area contributed by atoms with Crippen LogP contribution in [0.5, 0.6) is 5.75 Å².